The topological polar surface area (TPSA) is 126 Å². The number of nitrogens with zero attached hydrogens (tertiary/aromatic N) is 2. The van der Waals surface area contributed by atoms with Crippen molar-refractivity contribution in [3.8, 4) is 6.07 Å². The van der Waals surface area contributed by atoms with Gasteiger partial charge in [-0.15, -0.1) is 0 Å². The van der Waals surface area contributed by atoms with E-state index in [2.05, 4.69) is 10.1 Å². The fraction of sp³-hybridized carbons (Fsp3) is 0.200. The van der Waals surface area contributed by atoms with Crippen LogP contribution in [0.25, 0.3) is 0 Å². The third kappa shape index (κ3) is 4.43. The van der Waals surface area contributed by atoms with Gasteiger partial charge in [-0.1, -0.05) is 48.2 Å². The van der Waals surface area contributed by atoms with Crippen molar-refractivity contribution in [2.45, 2.75) is 24.1 Å². The number of nitrogens with two attached hydrogens (primary N) is 1. The van der Waals surface area contributed by atoms with E-state index in [1.54, 1.807) is 30.3 Å². The van der Waals surface area contributed by atoms with Gasteiger partial charge >= 0.3 is 5.97 Å². The molecule has 2 unspecified atom stereocenters. The molecule has 0 bridgehead atoms. The number of hydrogen-bond acceptors (Lipinski definition) is 7. The Morgan fingerprint density at radius 3 is 2.44 bits per heavy atom. The Labute approximate surface area is 209 Å². The van der Waals surface area contributed by atoms with Crippen molar-refractivity contribution in [2.75, 3.05) is 7.11 Å². The minimum Gasteiger partial charge on any atom is -0.469 e. The maximum Gasteiger partial charge on any atom is 0.307 e. The Morgan fingerprint density at radius 2 is 1.83 bits per heavy atom. The number of nitriles is 1. The molecule has 3 N–H and O–H groups in total. The van der Waals surface area contributed by atoms with Crippen LogP contribution in [0.5, 0.6) is 0 Å². The fourth-order valence-corrected chi connectivity index (χ4v) is 5.42. The first-order chi connectivity index (χ1) is 17.3. The Kier molecular flexibility index (Phi) is 7.07. The summed E-state index contributed by atoms with van der Waals surface area (Å²) in [5.74, 6) is -5.90. The summed E-state index contributed by atoms with van der Waals surface area (Å²) >= 11 is 0.857. The van der Waals surface area contributed by atoms with Crippen molar-refractivity contribution < 1.29 is 27.9 Å². The molecule has 184 valence electrons. The van der Waals surface area contributed by atoms with Crippen LogP contribution in [0.2, 0.25) is 0 Å². The molecule has 2 atom stereocenters. The first-order valence-electron chi connectivity index (χ1n) is 10.8. The van der Waals surface area contributed by atoms with E-state index in [1.807, 2.05) is 6.07 Å². The molecule has 0 aromatic heterocycles. The smallest absolute Gasteiger partial charge is 0.307 e. The van der Waals surface area contributed by atoms with Crippen LogP contribution in [0, 0.1) is 23.0 Å². The lowest BCUT2D eigenvalue weighted by molar-refractivity contribution is -0.142. The van der Waals surface area contributed by atoms with Gasteiger partial charge in [0, 0.05) is 12.1 Å². The fourth-order valence-electron chi connectivity index (χ4n) is 4.09. The van der Waals surface area contributed by atoms with Crippen molar-refractivity contribution in [1.82, 2.24) is 10.2 Å². The highest BCUT2D eigenvalue weighted by Crippen LogP contribution is 2.50. The van der Waals surface area contributed by atoms with E-state index < -0.39 is 46.1 Å². The van der Waals surface area contributed by atoms with Gasteiger partial charge in [0.05, 0.1) is 41.7 Å². The maximum atomic E-state index is 15.0. The number of carbonyl (C=O) groups is 3. The van der Waals surface area contributed by atoms with Gasteiger partial charge in [-0.05, 0) is 17.7 Å². The zero-order chi connectivity index (χ0) is 26.0. The number of halogens is 2. The van der Waals surface area contributed by atoms with Gasteiger partial charge in [0.25, 0.3) is 5.91 Å². The summed E-state index contributed by atoms with van der Waals surface area (Å²) in [6.07, 6.45) is -0.327. The van der Waals surface area contributed by atoms with Crippen molar-refractivity contribution in [2.24, 2.45) is 5.73 Å². The number of carbonyl (C=O) groups excluding carboxylic acids is 3. The lowest BCUT2D eigenvalue weighted by atomic mass is 9.82. The van der Waals surface area contributed by atoms with Crippen LogP contribution in [0.3, 0.4) is 0 Å². The van der Waals surface area contributed by atoms with E-state index in [1.165, 1.54) is 7.11 Å². The van der Waals surface area contributed by atoms with E-state index in [-0.39, 0.29) is 35.0 Å². The lowest BCUT2D eigenvalue weighted by Crippen LogP contribution is -2.40. The van der Waals surface area contributed by atoms with Crippen LogP contribution in [0.15, 0.2) is 70.5 Å². The third-order valence-corrected chi connectivity index (χ3v) is 7.09. The minimum absolute atomic E-state index is 0.00335. The number of rotatable bonds is 6. The maximum absolute atomic E-state index is 15.0. The molecule has 2 aromatic rings. The SMILES string of the molecule is COC(=O)CC1SC2=C(C(=O)NCc3ccccc3)C(c3c(F)cccc3F)C(C#N)=C(N)N2C1=O. The Hall–Kier alpha value is -4.17. The van der Waals surface area contributed by atoms with Crippen molar-refractivity contribution in [1.29, 1.82) is 5.26 Å². The monoisotopic (exact) mass is 510 g/mol. The molecule has 36 heavy (non-hydrogen) atoms. The molecule has 8 nitrogen and oxygen atoms in total. The van der Waals surface area contributed by atoms with E-state index >= 15 is 0 Å². The van der Waals surface area contributed by atoms with Crippen LogP contribution in [-0.2, 0) is 25.7 Å². The molecule has 2 aliphatic rings. The predicted octanol–water partition coefficient (Wildman–Crippen LogP) is 2.79. The number of amides is 2. The zero-order valence-corrected chi connectivity index (χ0v) is 19.8. The minimum atomic E-state index is -1.52. The van der Waals surface area contributed by atoms with Crippen LogP contribution >= 0.6 is 11.8 Å². The lowest BCUT2D eigenvalue weighted by Gasteiger charge is -2.32. The van der Waals surface area contributed by atoms with E-state index in [0.29, 0.717) is 0 Å². The number of ether oxygens (including phenoxy) is 1. The van der Waals surface area contributed by atoms with Gasteiger partial charge in [0.2, 0.25) is 5.91 Å². The molecule has 2 aromatic carbocycles. The van der Waals surface area contributed by atoms with Crippen LogP contribution < -0.4 is 11.1 Å². The number of fused-ring (bicyclic) bond motifs is 1. The van der Waals surface area contributed by atoms with E-state index in [0.717, 1.165) is 40.4 Å². The number of esters is 1. The highest BCUT2D eigenvalue weighted by atomic mass is 32.2. The molecule has 0 saturated carbocycles. The molecule has 2 heterocycles. The van der Waals surface area contributed by atoms with Crippen LogP contribution in [0.1, 0.15) is 23.5 Å². The molecule has 2 aliphatic heterocycles. The van der Waals surface area contributed by atoms with Crippen molar-refractivity contribution in [3.05, 3.63) is 93.3 Å². The number of methoxy groups -OCH3 is 1. The second kappa shape index (κ2) is 10.2. The average molecular weight is 511 g/mol. The number of thioether (sulfide) groups is 1. The largest absolute Gasteiger partial charge is 0.469 e. The Morgan fingerprint density at radius 1 is 1.17 bits per heavy atom. The first-order valence-corrected chi connectivity index (χ1v) is 11.6. The highest BCUT2D eigenvalue weighted by molar-refractivity contribution is 8.04. The highest BCUT2D eigenvalue weighted by Gasteiger charge is 2.49. The van der Waals surface area contributed by atoms with Crippen molar-refractivity contribution in [3.63, 3.8) is 0 Å². The molecular weight excluding hydrogens is 490 g/mol. The Balaban J connectivity index is 1.87. The molecule has 1 saturated heterocycles. The quantitative estimate of drug-likeness (QED) is 0.573. The average Bonchev–Trinajstić information content (AvgIpc) is 3.18. The number of nitrogens with one attached hydrogen (secondary N) is 1. The molecule has 11 heteroatoms. The van der Waals surface area contributed by atoms with Gasteiger partial charge in [-0.3, -0.25) is 19.3 Å². The molecule has 0 aliphatic carbocycles. The second-order valence-electron chi connectivity index (χ2n) is 7.93. The molecule has 0 radical (unpaired) electrons. The number of hydrogen-bond donors (Lipinski definition) is 2. The summed E-state index contributed by atoms with van der Waals surface area (Å²) in [4.78, 5) is 39.5. The molecule has 0 spiro atoms. The number of benzene rings is 2. The molecule has 2 amide bonds. The summed E-state index contributed by atoms with van der Waals surface area (Å²) < 4.78 is 34.6. The summed E-state index contributed by atoms with van der Waals surface area (Å²) in [5, 5.41) is 11.6. The molecular formula is C25H20F2N4O4S. The first kappa shape index (κ1) is 24.9. The van der Waals surface area contributed by atoms with Gasteiger partial charge in [0.15, 0.2) is 0 Å². The summed E-state index contributed by atoms with van der Waals surface area (Å²) in [6.45, 7) is 0.0776. The second-order valence-corrected chi connectivity index (χ2v) is 9.12. The van der Waals surface area contributed by atoms with Crippen LogP contribution in [-0.4, -0.2) is 35.0 Å². The third-order valence-electron chi connectivity index (χ3n) is 5.81. The van der Waals surface area contributed by atoms with Crippen molar-refractivity contribution >= 4 is 29.5 Å². The van der Waals surface area contributed by atoms with Gasteiger partial charge in [0.1, 0.15) is 22.7 Å². The van der Waals surface area contributed by atoms with Crippen LogP contribution in [0.4, 0.5) is 8.78 Å². The summed E-state index contributed by atoms with van der Waals surface area (Å²) in [7, 11) is 1.17. The van der Waals surface area contributed by atoms with Gasteiger partial charge in [-0.25, -0.2) is 8.78 Å². The Bertz CT molecular complexity index is 1330. The van der Waals surface area contributed by atoms with Gasteiger partial charge in [-0.2, -0.15) is 5.26 Å². The van der Waals surface area contributed by atoms with E-state index in [9.17, 15) is 28.4 Å². The van der Waals surface area contributed by atoms with E-state index in [4.69, 9.17) is 5.73 Å². The summed E-state index contributed by atoms with van der Waals surface area (Å²) in [6, 6.07) is 13.9. The number of allylic oxidation sites excluding steroid dienone is 1. The molecule has 4 rings (SSSR count). The normalized spacial score (nSPS) is 19.2. The standard InChI is InChI=1S/C25H20F2N4O4S/c1-35-18(32)10-17-24(34)31-22(29)14(11-28)19(20-15(26)8-5-9-16(20)27)21(25(31)36-17)23(33)30-12-13-6-3-2-4-7-13/h2-9,17,19H,10,12,29H2,1H3,(H,30,33). The zero-order valence-electron chi connectivity index (χ0n) is 19.0. The predicted molar refractivity (Wildman–Crippen MR) is 126 cm³/mol. The van der Waals surface area contributed by atoms with Gasteiger partial charge < -0.3 is 15.8 Å². The molecule has 1 fully saturated rings. The summed E-state index contributed by atoms with van der Waals surface area (Å²) in [5.41, 5.74) is 5.80.